The van der Waals surface area contributed by atoms with Gasteiger partial charge in [0.25, 0.3) is 0 Å². The van der Waals surface area contributed by atoms with Crippen molar-refractivity contribution in [3.8, 4) is 0 Å². The molecule has 1 fully saturated rings. The maximum atomic E-state index is 3.50. The van der Waals surface area contributed by atoms with Crippen molar-refractivity contribution in [3.05, 3.63) is 35.4 Å². The summed E-state index contributed by atoms with van der Waals surface area (Å²) in [6.07, 6.45) is 3.91. The van der Waals surface area contributed by atoms with Gasteiger partial charge in [-0.05, 0) is 63.0 Å². The van der Waals surface area contributed by atoms with Gasteiger partial charge in [0.15, 0.2) is 0 Å². The molecule has 1 aliphatic carbocycles. The van der Waals surface area contributed by atoms with Crippen molar-refractivity contribution >= 4 is 0 Å². The Morgan fingerprint density at radius 1 is 1.18 bits per heavy atom. The highest BCUT2D eigenvalue weighted by Gasteiger charge is 2.44. The second-order valence-corrected chi connectivity index (χ2v) is 5.80. The normalized spacial score (nSPS) is 26.4. The molecule has 92 valence electrons. The quantitative estimate of drug-likeness (QED) is 0.796. The van der Waals surface area contributed by atoms with E-state index in [1.165, 1.54) is 32.4 Å². The second kappa shape index (κ2) is 4.11. The number of fused-ring (bicyclic) bond motifs is 2. The Morgan fingerprint density at radius 3 is 2.59 bits per heavy atom. The molecule has 1 aromatic rings. The van der Waals surface area contributed by atoms with Crippen LogP contribution in [-0.4, -0.2) is 32.1 Å². The third-order valence-electron chi connectivity index (χ3n) is 4.66. The molecule has 1 saturated heterocycles. The molecule has 0 unspecified atom stereocenters. The van der Waals surface area contributed by atoms with Gasteiger partial charge in [0.05, 0.1) is 0 Å². The van der Waals surface area contributed by atoms with E-state index in [9.17, 15) is 0 Å². The number of piperidine rings is 1. The van der Waals surface area contributed by atoms with Gasteiger partial charge in [-0.15, -0.1) is 0 Å². The van der Waals surface area contributed by atoms with Crippen LogP contribution >= 0.6 is 0 Å². The minimum Gasteiger partial charge on any atom is -0.317 e. The molecule has 2 heteroatoms. The molecule has 1 atom stereocenters. The summed E-state index contributed by atoms with van der Waals surface area (Å²) >= 11 is 0. The lowest BCUT2D eigenvalue weighted by Gasteiger charge is -2.35. The Hall–Kier alpha value is -0.860. The van der Waals surface area contributed by atoms with Crippen molar-refractivity contribution in [1.82, 2.24) is 10.2 Å². The highest BCUT2D eigenvalue weighted by molar-refractivity contribution is 5.42. The van der Waals surface area contributed by atoms with Crippen LogP contribution in [-0.2, 0) is 5.41 Å². The third-order valence-corrected chi connectivity index (χ3v) is 4.66. The summed E-state index contributed by atoms with van der Waals surface area (Å²) in [6.45, 7) is 2.35. The molecule has 3 rings (SSSR count). The van der Waals surface area contributed by atoms with Crippen molar-refractivity contribution in [2.45, 2.75) is 30.7 Å². The van der Waals surface area contributed by atoms with Crippen molar-refractivity contribution in [2.24, 2.45) is 0 Å². The molecule has 0 aromatic heterocycles. The highest BCUT2D eigenvalue weighted by atomic mass is 15.1. The first-order chi connectivity index (χ1) is 8.23. The maximum absolute atomic E-state index is 3.50. The minimum atomic E-state index is 0.455. The SMILES string of the molecule is CN(C)[C@H]1CC2(CCNCC2)c2ccccc21. The number of rotatable bonds is 1. The molecule has 1 N–H and O–H groups in total. The third kappa shape index (κ3) is 1.71. The van der Waals surface area contributed by atoms with Crippen LogP contribution in [0.4, 0.5) is 0 Å². The average Bonchev–Trinajstić information content (AvgIpc) is 2.66. The minimum absolute atomic E-state index is 0.455. The van der Waals surface area contributed by atoms with Gasteiger partial charge in [0.1, 0.15) is 0 Å². The first kappa shape index (κ1) is 11.2. The molecular weight excluding hydrogens is 208 g/mol. The number of nitrogens with one attached hydrogen (secondary N) is 1. The molecule has 0 radical (unpaired) electrons. The lowest BCUT2D eigenvalue weighted by Crippen LogP contribution is -2.38. The van der Waals surface area contributed by atoms with E-state index in [1.54, 1.807) is 11.1 Å². The lowest BCUT2D eigenvalue weighted by molar-refractivity contribution is 0.223. The number of hydrogen-bond donors (Lipinski definition) is 1. The second-order valence-electron chi connectivity index (χ2n) is 5.80. The van der Waals surface area contributed by atoms with Crippen LogP contribution in [0.3, 0.4) is 0 Å². The molecular formula is C15H22N2. The summed E-state index contributed by atoms with van der Waals surface area (Å²) < 4.78 is 0. The van der Waals surface area contributed by atoms with Gasteiger partial charge in [-0.3, -0.25) is 0 Å². The van der Waals surface area contributed by atoms with Gasteiger partial charge in [-0.25, -0.2) is 0 Å². The van der Waals surface area contributed by atoms with Gasteiger partial charge in [0, 0.05) is 6.04 Å². The summed E-state index contributed by atoms with van der Waals surface area (Å²) in [5, 5.41) is 3.50. The number of benzene rings is 1. The van der Waals surface area contributed by atoms with Crippen molar-refractivity contribution in [2.75, 3.05) is 27.2 Å². The molecule has 1 spiro atoms. The maximum Gasteiger partial charge on any atom is 0.0353 e. The van der Waals surface area contributed by atoms with Gasteiger partial charge >= 0.3 is 0 Å². The molecule has 1 aromatic carbocycles. The summed E-state index contributed by atoms with van der Waals surface area (Å²) in [5.74, 6) is 0. The zero-order valence-corrected chi connectivity index (χ0v) is 10.9. The van der Waals surface area contributed by atoms with E-state index in [2.05, 4.69) is 48.6 Å². The van der Waals surface area contributed by atoms with Crippen LogP contribution in [0.2, 0.25) is 0 Å². The zero-order valence-electron chi connectivity index (χ0n) is 10.9. The average molecular weight is 230 g/mol. The van der Waals surface area contributed by atoms with Gasteiger partial charge < -0.3 is 10.2 Å². The first-order valence-electron chi connectivity index (χ1n) is 6.69. The molecule has 1 aliphatic heterocycles. The van der Waals surface area contributed by atoms with E-state index in [-0.39, 0.29) is 0 Å². The van der Waals surface area contributed by atoms with E-state index in [0.717, 1.165) is 0 Å². The predicted octanol–water partition coefficient (Wildman–Crippen LogP) is 2.31. The smallest absolute Gasteiger partial charge is 0.0353 e. The fraction of sp³-hybridized carbons (Fsp3) is 0.600. The van der Waals surface area contributed by atoms with Gasteiger partial charge in [0.2, 0.25) is 0 Å². The molecule has 2 aliphatic rings. The van der Waals surface area contributed by atoms with Crippen molar-refractivity contribution < 1.29 is 0 Å². The Labute approximate surface area is 104 Å². The summed E-state index contributed by atoms with van der Waals surface area (Å²) in [6, 6.07) is 9.71. The zero-order chi connectivity index (χ0) is 11.9. The molecule has 17 heavy (non-hydrogen) atoms. The largest absolute Gasteiger partial charge is 0.317 e. The van der Waals surface area contributed by atoms with Crippen LogP contribution < -0.4 is 5.32 Å². The first-order valence-corrected chi connectivity index (χ1v) is 6.69. The predicted molar refractivity (Wildman–Crippen MR) is 71.3 cm³/mol. The molecule has 0 saturated carbocycles. The molecule has 0 amide bonds. The van der Waals surface area contributed by atoms with Crippen molar-refractivity contribution in [3.63, 3.8) is 0 Å². The Morgan fingerprint density at radius 2 is 1.88 bits per heavy atom. The van der Waals surface area contributed by atoms with Crippen LogP contribution in [0, 0.1) is 0 Å². The van der Waals surface area contributed by atoms with E-state index in [4.69, 9.17) is 0 Å². The fourth-order valence-corrected chi connectivity index (χ4v) is 3.70. The number of nitrogens with zero attached hydrogens (tertiary/aromatic N) is 1. The van der Waals surface area contributed by atoms with Crippen molar-refractivity contribution in [1.29, 1.82) is 0 Å². The fourth-order valence-electron chi connectivity index (χ4n) is 3.70. The van der Waals surface area contributed by atoms with Gasteiger partial charge in [-0.1, -0.05) is 24.3 Å². The topological polar surface area (TPSA) is 15.3 Å². The standard InChI is InChI=1S/C15H22N2/c1-17(2)14-11-15(7-9-16-10-8-15)13-6-4-3-5-12(13)14/h3-6,14,16H,7-11H2,1-2H3/t14-/m0/s1. The highest BCUT2D eigenvalue weighted by Crippen LogP contribution is 2.51. The summed E-state index contributed by atoms with van der Waals surface area (Å²) in [5.41, 5.74) is 3.65. The monoisotopic (exact) mass is 230 g/mol. The van der Waals surface area contributed by atoms with Gasteiger partial charge in [-0.2, -0.15) is 0 Å². The van der Waals surface area contributed by atoms with E-state index < -0.39 is 0 Å². The summed E-state index contributed by atoms with van der Waals surface area (Å²) in [7, 11) is 4.42. The van der Waals surface area contributed by atoms with Crippen LogP contribution in [0.15, 0.2) is 24.3 Å². The molecule has 1 heterocycles. The Bertz CT molecular complexity index is 405. The van der Waals surface area contributed by atoms with E-state index in [1.807, 2.05) is 0 Å². The summed E-state index contributed by atoms with van der Waals surface area (Å²) in [4.78, 5) is 2.38. The Balaban J connectivity index is 2.04. The Kier molecular flexibility index (Phi) is 2.72. The molecule has 2 nitrogen and oxygen atoms in total. The van der Waals surface area contributed by atoms with E-state index in [0.29, 0.717) is 11.5 Å². The molecule has 0 bridgehead atoms. The number of hydrogen-bond acceptors (Lipinski definition) is 2. The van der Waals surface area contributed by atoms with E-state index >= 15 is 0 Å². The van der Waals surface area contributed by atoms with Crippen LogP contribution in [0.5, 0.6) is 0 Å². The lowest BCUT2D eigenvalue weighted by atomic mass is 9.74. The van der Waals surface area contributed by atoms with Crippen LogP contribution in [0.1, 0.15) is 36.4 Å². The van der Waals surface area contributed by atoms with Crippen LogP contribution in [0.25, 0.3) is 0 Å².